The lowest BCUT2D eigenvalue weighted by Crippen LogP contribution is -2.37. The minimum Gasteiger partial charge on any atom is -0.396 e. The monoisotopic (exact) mass is 466 g/mol. The van der Waals surface area contributed by atoms with Gasteiger partial charge in [0, 0.05) is 32.9 Å². The van der Waals surface area contributed by atoms with Gasteiger partial charge < -0.3 is 25.6 Å². The lowest BCUT2D eigenvalue weighted by molar-refractivity contribution is -0.0259. The molecule has 0 amide bonds. The fraction of sp³-hybridized carbons (Fsp3) is 0.500. The van der Waals surface area contributed by atoms with Crippen LogP contribution in [-0.4, -0.2) is 69.2 Å². The summed E-state index contributed by atoms with van der Waals surface area (Å²) in [6, 6.07) is 1.63. The van der Waals surface area contributed by atoms with Crippen molar-refractivity contribution < 1.29 is 14.9 Å². The van der Waals surface area contributed by atoms with Gasteiger partial charge in [-0.2, -0.15) is 4.98 Å². The van der Waals surface area contributed by atoms with E-state index in [1.165, 1.54) is 0 Å². The maximum Gasteiger partial charge on any atom is 0.224 e. The molecule has 4 rings (SSSR count). The summed E-state index contributed by atoms with van der Waals surface area (Å²) < 4.78 is 6.46. The molecule has 3 aromatic rings. The molecule has 1 aliphatic rings. The van der Waals surface area contributed by atoms with Crippen molar-refractivity contribution in [2.75, 3.05) is 31.4 Å². The van der Waals surface area contributed by atoms with Gasteiger partial charge in [0.1, 0.15) is 22.4 Å². The summed E-state index contributed by atoms with van der Waals surface area (Å²) >= 11 is 1.56. The molecule has 4 N–H and O–H groups in total. The second-order valence-electron chi connectivity index (χ2n) is 7.49. The van der Waals surface area contributed by atoms with Gasteiger partial charge in [-0.25, -0.2) is 9.97 Å². The number of fused-ring (bicyclic) bond motifs is 1. The number of aliphatic hydroxyl groups is 2. The van der Waals surface area contributed by atoms with Gasteiger partial charge in [-0.05, 0) is 26.3 Å². The van der Waals surface area contributed by atoms with Crippen LogP contribution in [0.4, 0.5) is 11.8 Å². The minimum atomic E-state index is -0.768. The van der Waals surface area contributed by atoms with E-state index in [9.17, 15) is 10.2 Å². The summed E-state index contributed by atoms with van der Waals surface area (Å²) in [6.07, 6.45) is 1.14. The van der Waals surface area contributed by atoms with Gasteiger partial charge in [-0.1, -0.05) is 0 Å². The Balaban J connectivity index is 0.00000272. The van der Waals surface area contributed by atoms with Crippen molar-refractivity contribution >= 4 is 45.7 Å². The van der Waals surface area contributed by atoms with E-state index in [1.807, 2.05) is 19.9 Å². The van der Waals surface area contributed by atoms with Crippen molar-refractivity contribution in [3.63, 3.8) is 0 Å². The van der Waals surface area contributed by atoms with E-state index in [0.717, 1.165) is 32.2 Å². The third kappa shape index (κ3) is 4.31. The Morgan fingerprint density at radius 1 is 1.23 bits per heavy atom. The van der Waals surface area contributed by atoms with Crippen molar-refractivity contribution in [2.24, 2.45) is 5.92 Å². The second kappa shape index (κ2) is 9.58. The normalized spacial score (nSPS) is 23.0. The number of nitrogens with one attached hydrogen (secondary N) is 2. The van der Waals surface area contributed by atoms with Gasteiger partial charge in [0.25, 0.3) is 0 Å². The van der Waals surface area contributed by atoms with Crippen LogP contribution < -0.4 is 10.6 Å². The SMILES string of the molecule is CNc1nc(C)c(-c2nc3c(C)nccc3s2)c(N[C@@H]2C[C@H](CO)[C@@H](OC)[C@H]2O)n1.Cl. The molecule has 31 heavy (non-hydrogen) atoms. The first kappa shape index (κ1) is 23.6. The number of halogens is 1. The zero-order valence-electron chi connectivity index (χ0n) is 17.8. The van der Waals surface area contributed by atoms with Crippen LogP contribution in [0, 0.1) is 19.8 Å². The molecule has 3 aromatic heterocycles. The molecule has 9 nitrogen and oxygen atoms in total. The van der Waals surface area contributed by atoms with E-state index in [0.29, 0.717) is 18.2 Å². The Labute approximate surface area is 190 Å². The molecular formula is C20H27ClN6O3S. The number of rotatable bonds is 6. The summed E-state index contributed by atoms with van der Waals surface area (Å²) in [7, 11) is 3.31. The summed E-state index contributed by atoms with van der Waals surface area (Å²) in [6.45, 7) is 3.81. The van der Waals surface area contributed by atoms with E-state index in [4.69, 9.17) is 9.72 Å². The molecule has 1 fully saturated rings. The average Bonchev–Trinajstić information content (AvgIpc) is 3.29. The highest BCUT2D eigenvalue weighted by molar-refractivity contribution is 7.21. The standard InChI is InChI=1S/C20H26N6O3S.ClH/c1-9-14(19-25-15-10(2)22-6-5-13(15)30-19)18(26-20(21-3)23-9)24-12-7-11(8-27)17(29-4)16(12)28;/h5-6,11-12,16-17,27-28H,7-8H2,1-4H3,(H2,21,23,24,26);1H/t11-,12-,16+,17-;/m1./s1. The van der Waals surface area contributed by atoms with E-state index >= 15 is 0 Å². The Morgan fingerprint density at radius 3 is 2.61 bits per heavy atom. The fourth-order valence-electron chi connectivity index (χ4n) is 4.07. The lowest BCUT2D eigenvalue weighted by Gasteiger charge is -2.22. The number of anilines is 2. The Hall–Kier alpha value is -2.11. The van der Waals surface area contributed by atoms with Crippen LogP contribution in [0.3, 0.4) is 0 Å². The average molecular weight is 467 g/mol. The third-order valence-electron chi connectivity index (χ3n) is 5.62. The van der Waals surface area contributed by atoms with E-state index in [2.05, 4.69) is 25.6 Å². The summed E-state index contributed by atoms with van der Waals surface area (Å²) in [5.41, 5.74) is 3.30. The summed E-state index contributed by atoms with van der Waals surface area (Å²) in [5.74, 6) is 0.926. The van der Waals surface area contributed by atoms with Gasteiger partial charge in [0.05, 0.1) is 33.8 Å². The number of aromatic nitrogens is 4. The number of hydrogen-bond acceptors (Lipinski definition) is 10. The van der Waals surface area contributed by atoms with E-state index < -0.39 is 12.2 Å². The number of ether oxygens (including phenoxy) is 1. The maximum absolute atomic E-state index is 10.7. The van der Waals surface area contributed by atoms with Crippen LogP contribution in [-0.2, 0) is 4.74 Å². The minimum absolute atomic E-state index is 0. The summed E-state index contributed by atoms with van der Waals surface area (Å²) in [4.78, 5) is 18.3. The van der Waals surface area contributed by atoms with Gasteiger partial charge in [0.2, 0.25) is 5.95 Å². The largest absolute Gasteiger partial charge is 0.396 e. The second-order valence-corrected chi connectivity index (χ2v) is 8.52. The highest BCUT2D eigenvalue weighted by atomic mass is 35.5. The molecule has 0 spiro atoms. The van der Waals surface area contributed by atoms with Crippen molar-refractivity contribution in [3.05, 3.63) is 23.7 Å². The molecule has 0 saturated heterocycles. The van der Waals surface area contributed by atoms with E-state index in [1.54, 1.807) is 31.7 Å². The topological polar surface area (TPSA) is 125 Å². The van der Waals surface area contributed by atoms with Crippen LogP contribution >= 0.6 is 23.7 Å². The lowest BCUT2D eigenvalue weighted by atomic mass is 10.1. The molecule has 0 bridgehead atoms. The first-order chi connectivity index (χ1) is 14.5. The van der Waals surface area contributed by atoms with Crippen LogP contribution in [0.15, 0.2) is 12.3 Å². The first-order valence-electron chi connectivity index (χ1n) is 9.84. The predicted octanol–water partition coefficient (Wildman–Crippen LogP) is 2.40. The third-order valence-corrected chi connectivity index (χ3v) is 6.65. The number of thiazole rings is 1. The molecule has 0 aromatic carbocycles. The molecule has 0 unspecified atom stereocenters. The Morgan fingerprint density at radius 2 is 2.00 bits per heavy atom. The van der Waals surface area contributed by atoms with Crippen molar-refractivity contribution in [2.45, 2.75) is 38.5 Å². The predicted molar refractivity (Wildman–Crippen MR) is 124 cm³/mol. The number of nitrogens with zero attached hydrogens (tertiary/aromatic N) is 4. The fourth-order valence-corrected chi connectivity index (χ4v) is 5.18. The van der Waals surface area contributed by atoms with Crippen molar-refractivity contribution in [1.29, 1.82) is 0 Å². The van der Waals surface area contributed by atoms with Crippen molar-refractivity contribution in [1.82, 2.24) is 19.9 Å². The van der Waals surface area contributed by atoms with Gasteiger partial charge in [0.15, 0.2) is 0 Å². The smallest absolute Gasteiger partial charge is 0.224 e. The van der Waals surface area contributed by atoms with Gasteiger partial charge >= 0.3 is 0 Å². The molecule has 0 aliphatic heterocycles. The Bertz CT molecular complexity index is 1060. The van der Waals surface area contributed by atoms with Gasteiger partial charge in [-0.3, -0.25) is 4.98 Å². The summed E-state index contributed by atoms with van der Waals surface area (Å²) in [5, 5.41) is 27.6. The molecule has 1 aliphatic carbocycles. The Kier molecular flexibility index (Phi) is 7.28. The molecule has 168 valence electrons. The molecule has 0 radical (unpaired) electrons. The molecule has 1 saturated carbocycles. The molecule has 3 heterocycles. The maximum atomic E-state index is 10.7. The number of aliphatic hydroxyl groups excluding tert-OH is 2. The number of hydrogen-bond donors (Lipinski definition) is 4. The van der Waals surface area contributed by atoms with Gasteiger partial charge in [-0.15, -0.1) is 23.7 Å². The van der Waals surface area contributed by atoms with Crippen LogP contribution in [0.25, 0.3) is 20.8 Å². The van der Waals surface area contributed by atoms with Crippen LogP contribution in [0.5, 0.6) is 0 Å². The van der Waals surface area contributed by atoms with Crippen LogP contribution in [0.2, 0.25) is 0 Å². The van der Waals surface area contributed by atoms with Crippen molar-refractivity contribution in [3.8, 4) is 10.6 Å². The zero-order valence-corrected chi connectivity index (χ0v) is 19.4. The van der Waals surface area contributed by atoms with Crippen LogP contribution in [0.1, 0.15) is 17.8 Å². The quantitative estimate of drug-likeness (QED) is 0.433. The molecule has 11 heteroatoms. The van der Waals surface area contributed by atoms with E-state index in [-0.39, 0.29) is 31.0 Å². The molecular weight excluding hydrogens is 440 g/mol. The highest BCUT2D eigenvalue weighted by Gasteiger charge is 2.43. The number of aryl methyl sites for hydroxylation is 2. The first-order valence-corrected chi connectivity index (χ1v) is 10.7. The highest BCUT2D eigenvalue weighted by Crippen LogP contribution is 2.38. The zero-order chi connectivity index (χ0) is 21.4. The number of methoxy groups -OCH3 is 1. The molecule has 4 atom stereocenters. The number of pyridine rings is 1.